The summed E-state index contributed by atoms with van der Waals surface area (Å²) in [4.78, 5) is 13.6. The number of hydrogen-bond acceptors (Lipinski definition) is 10. The molecular formula is C34H34ClF3N6O3S. The van der Waals surface area contributed by atoms with Gasteiger partial charge in [0.25, 0.3) is 0 Å². The first-order valence-corrected chi connectivity index (χ1v) is 17.6. The van der Waals surface area contributed by atoms with Crippen LogP contribution in [0.15, 0.2) is 12.1 Å². The van der Waals surface area contributed by atoms with Crippen molar-refractivity contribution in [2.24, 2.45) is 0 Å². The number of anilines is 2. The number of fused-ring (bicyclic) bond motifs is 2. The Morgan fingerprint density at radius 2 is 2.02 bits per heavy atom. The summed E-state index contributed by atoms with van der Waals surface area (Å²) in [7, 11) is 0. The predicted octanol–water partition coefficient (Wildman–Crippen LogP) is 6.74. The molecule has 1 aliphatic carbocycles. The summed E-state index contributed by atoms with van der Waals surface area (Å²) in [5.41, 5.74) is 5.60. The van der Waals surface area contributed by atoms with Crippen LogP contribution in [0.4, 0.5) is 24.0 Å². The zero-order valence-electron chi connectivity index (χ0n) is 26.1. The van der Waals surface area contributed by atoms with Crippen molar-refractivity contribution in [3.05, 3.63) is 34.4 Å². The summed E-state index contributed by atoms with van der Waals surface area (Å²) in [6, 6.07) is 4.43. The molecule has 0 amide bonds. The first-order valence-electron chi connectivity index (χ1n) is 16.4. The number of rotatable bonds is 5. The number of hydrogen-bond donors (Lipinski definition) is 2. The van der Waals surface area contributed by atoms with Gasteiger partial charge in [0.15, 0.2) is 11.6 Å². The second-order valence-corrected chi connectivity index (χ2v) is 14.8. The molecule has 48 heavy (non-hydrogen) atoms. The monoisotopic (exact) mass is 698 g/mol. The second-order valence-electron chi connectivity index (χ2n) is 13.4. The first-order chi connectivity index (χ1) is 23.2. The van der Waals surface area contributed by atoms with Crippen molar-refractivity contribution in [3.63, 3.8) is 0 Å². The molecule has 2 aromatic carbocycles. The van der Waals surface area contributed by atoms with E-state index in [1.54, 1.807) is 0 Å². The number of ether oxygens (including phenoxy) is 2. The minimum absolute atomic E-state index is 0.0282. The Labute approximate surface area is 284 Å². The molecule has 2 unspecified atom stereocenters. The second kappa shape index (κ2) is 12.1. The molecule has 3 fully saturated rings. The third-order valence-corrected chi connectivity index (χ3v) is 11.9. The van der Waals surface area contributed by atoms with Crippen LogP contribution in [0.25, 0.3) is 32.1 Å². The molecule has 0 bridgehead atoms. The van der Waals surface area contributed by atoms with Crippen LogP contribution in [-0.2, 0) is 0 Å². The van der Waals surface area contributed by atoms with Crippen molar-refractivity contribution in [2.45, 2.75) is 75.2 Å². The Balaban J connectivity index is 1.34. The summed E-state index contributed by atoms with van der Waals surface area (Å²) in [6.45, 7) is 1.85. The Bertz CT molecular complexity index is 1990. The number of aliphatic hydroxyl groups is 1. The van der Waals surface area contributed by atoms with E-state index in [1.165, 1.54) is 12.1 Å². The van der Waals surface area contributed by atoms with Gasteiger partial charge in [0.05, 0.1) is 38.9 Å². The van der Waals surface area contributed by atoms with E-state index in [9.17, 15) is 19.1 Å². The van der Waals surface area contributed by atoms with E-state index in [1.807, 2.05) is 11.0 Å². The molecule has 2 aromatic heterocycles. The van der Waals surface area contributed by atoms with Gasteiger partial charge in [-0.05, 0) is 50.3 Å². The SMILES string of the molecule is N#Cc1c(N)sc2c(F)ccc(-c3c(Cl)c4c5c(nc(OC[C@@]67CCCN6C[C@H](F)C7)nc5c3F)N(C3CCCCC(O)C3)CCO4)c12. The summed E-state index contributed by atoms with van der Waals surface area (Å²) in [5.74, 6) is -0.864. The van der Waals surface area contributed by atoms with Gasteiger partial charge in [-0.2, -0.15) is 15.2 Å². The van der Waals surface area contributed by atoms with Gasteiger partial charge in [-0.3, -0.25) is 4.90 Å². The molecule has 4 aliphatic rings. The highest BCUT2D eigenvalue weighted by Gasteiger charge is 2.49. The van der Waals surface area contributed by atoms with E-state index in [4.69, 9.17) is 31.8 Å². The van der Waals surface area contributed by atoms with Crippen molar-refractivity contribution in [1.82, 2.24) is 14.9 Å². The standard InChI is InChI=1S/C34H34ClF3N6O3S/c35-26-24(20-6-7-22(37)30-23(20)21(14-39)31(40)48-30)27(38)28-25-29(26)46-11-10-44(18-4-1-2-5-19(45)12-18)32(25)42-33(41-28)47-16-34-8-3-9-43(34)15-17(36)13-34/h6-7,17-19,45H,1-5,8-13,15-16,40H2/t17-,18?,19?,34+/m1/s1. The average molecular weight is 699 g/mol. The number of nitriles is 1. The highest BCUT2D eigenvalue weighted by molar-refractivity contribution is 7.23. The van der Waals surface area contributed by atoms with Gasteiger partial charge in [0.2, 0.25) is 0 Å². The normalized spacial score (nSPS) is 25.9. The molecule has 8 rings (SSSR count). The molecule has 14 heteroatoms. The maximum Gasteiger partial charge on any atom is 0.319 e. The topological polar surface area (TPSA) is 121 Å². The van der Waals surface area contributed by atoms with Gasteiger partial charge in [0.1, 0.15) is 47.6 Å². The largest absolute Gasteiger partial charge is 0.489 e. The minimum atomic E-state index is -0.952. The number of aromatic nitrogens is 2. The summed E-state index contributed by atoms with van der Waals surface area (Å²) >= 11 is 7.94. The molecule has 0 spiro atoms. The molecule has 4 atom stereocenters. The van der Waals surface area contributed by atoms with E-state index in [0.717, 1.165) is 50.0 Å². The molecule has 4 aromatic rings. The van der Waals surface area contributed by atoms with E-state index in [2.05, 4.69) is 9.88 Å². The average Bonchev–Trinajstić information content (AvgIpc) is 3.58. The van der Waals surface area contributed by atoms with Crippen LogP contribution in [-0.4, -0.2) is 76.7 Å². The van der Waals surface area contributed by atoms with Crippen molar-refractivity contribution < 1.29 is 27.8 Å². The third-order valence-electron chi connectivity index (χ3n) is 10.5. The van der Waals surface area contributed by atoms with Gasteiger partial charge in [-0.25, -0.2) is 13.2 Å². The maximum absolute atomic E-state index is 17.2. The smallest absolute Gasteiger partial charge is 0.319 e. The van der Waals surface area contributed by atoms with Crippen LogP contribution in [0.2, 0.25) is 5.02 Å². The van der Waals surface area contributed by atoms with Crippen LogP contribution in [0, 0.1) is 23.0 Å². The minimum Gasteiger partial charge on any atom is -0.489 e. The molecule has 0 radical (unpaired) electrons. The summed E-state index contributed by atoms with van der Waals surface area (Å²) in [5, 5.41) is 21.1. The number of benzene rings is 2. The number of aliphatic hydroxyl groups excluding tert-OH is 1. The molecule has 5 heterocycles. The van der Waals surface area contributed by atoms with Crippen molar-refractivity contribution >= 4 is 54.7 Å². The Morgan fingerprint density at radius 3 is 2.85 bits per heavy atom. The Morgan fingerprint density at radius 1 is 1.19 bits per heavy atom. The number of thiophene rings is 1. The van der Waals surface area contributed by atoms with Crippen LogP contribution < -0.4 is 20.1 Å². The molecule has 3 aliphatic heterocycles. The highest BCUT2D eigenvalue weighted by atomic mass is 35.5. The zero-order chi connectivity index (χ0) is 33.3. The molecule has 9 nitrogen and oxygen atoms in total. The van der Waals surface area contributed by atoms with E-state index in [-0.39, 0.29) is 78.7 Å². The predicted molar refractivity (Wildman–Crippen MR) is 179 cm³/mol. The number of nitrogens with two attached hydrogens (primary N) is 1. The number of nitrogen functional groups attached to an aromatic ring is 1. The first kappa shape index (κ1) is 31.7. The van der Waals surface area contributed by atoms with Crippen LogP contribution in [0.3, 0.4) is 0 Å². The lowest BCUT2D eigenvalue weighted by atomic mass is 9.95. The van der Waals surface area contributed by atoms with Gasteiger partial charge >= 0.3 is 6.01 Å². The quantitative estimate of drug-likeness (QED) is 0.218. The lowest BCUT2D eigenvalue weighted by Crippen LogP contribution is -2.43. The summed E-state index contributed by atoms with van der Waals surface area (Å²) < 4.78 is 59.4. The fourth-order valence-corrected chi connectivity index (χ4v) is 9.62. The van der Waals surface area contributed by atoms with E-state index >= 15 is 4.39 Å². The lowest BCUT2D eigenvalue weighted by Gasteiger charge is -2.33. The van der Waals surface area contributed by atoms with Gasteiger partial charge in [-0.15, -0.1) is 11.3 Å². The highest BCUT2D eigenvalue weighted by Crippen LogP contribution is 2.51. The van der Waals surface area contributed by atoms with Crippen LogP contribution in [0.5, 0.6) is 11.8 Å². The van der Waals surface area contributed by atoms with Gasteiger partial charge in [-0.1, -0.05) is 30.5 Å². The Kier molecular flexibility index (Phi) is 7.98. The number of halogens is 4. The number of nitrogens with zero attached hydrogens (tertiary/aromatic N) is 5. The van der Waals surface area contributed by atoms with Crippen molar-refractivity contribution in [3.8, 4) is 29.0 Å². The Hall–Kier alpha value is -3.57. The third kappa shape index (κ3) is 5.02. The van der Waals surface area contributed by atoms with Crippen molar-refractivity contribution in [1.29, 1.82) is 5.26 Å². The molecule has 2 saturated heterocycles. The number of alkyl halides is 1. The van der Waals surface area contributed by atoms with E-state index < -0.39 is 29.4 Å². The van der Waals surface area contributed by atoms with Crippen molar-refractivity contribution in [2.75, 3.05) is 43.5 Å². The van der Waals surface area contributed by atoms with Gasteiger partial charge in [0, 0.05) is 30.0 Å². The lowest BCUT2D eigenvalue weighted by molar-refractivity contribution is 0.107. The van der Waals surface area contributed by atoms with Gasteiger partial charge < -0.3 is 25.2 Å². The van der Waals surface area contributed by atoms with Crippen LogP contribution >= 0.6 is 22.9 Å². The maximum atomic E-state index is 17.2. The fourth-order valence-electron chi connectivity index (χ4n) is 8.34. The molecule has 3 N–H and O–H groups in total. The summed E-state index contributed by atoms with van der Waals surface area (Å²) in [6.07, 6.45) is 4.41. The fraction of sp³-hybridized carbons (Fsp3) is 0.500. The molecule has 252 valence electrons. The molecule has 1 saturated carbocycles. The zero-order valence-corrected chi connectivity index (χ0v) is 27.6. The van der Waals surface area contributed by atoms with Crippen LogP contribution in [0.1, 0.15) is 56.9 Å². The molecular weight excluding hydrogens is 665 g/mol. The van der Waals surface area contributed by atoms with E-state index in [0.29, 0.717) is 38.2 Å².